The Labute approximate surface area is 165 Å². The molecule has 0 bridgehead atoms. The summed E-state index contributed by atoms with van der Waals surface area (Å²) in [6.07, 6.45) is 0. The molecule has 1 aliphatic heterocycles. The first kappa shape index (κ1) is 18.1. The summed E-state index contributed by atoms with van der Waals surface area (Å²) in [6, 6.07) is 19.0. The van der Waals surface area contributed by atoms with Gasteiger partial charge in [0, 0.05) is 30.4 Å². The number of nitrogens with zero attached hydrogens (tertiary/aromatic N) is 3. The lowest BCUT2D eigenvalue weighted by Gasteiger charge is -2.25. The van der Waals surface area contributed by atoms with Gasteiger partial charge in [0.25, 0.3) is 0 Å². The van der Waals surface area contributed by atoms with Crippen molar-refractivity contribution in [2.24, 2.45) is 0 Å². The van der Waals surface area contributed by atoms with Crippen LogP contribution in [-0.4, -0.2) is 50.2 Å². The first-order chi connectivity index (χ1) is 13.1. The number of pyridine rings is 1. The molecule has 1 fully saturated rings. The molecule has 4 rings (SSSR count). The molecule has 3 aromatic rings. The number of rotatable bonds is 4. The topological polar surface area (TPSA) is 28.6 Å². The van der Waals surface area contributed by atoms with Gasteiger partial charge in [-0.15, -0.1) is 0 Å². The van der Waals surface area contributed by atoms with Crippen LogP contribution < -0.4 is 9.64 Å². The van der Waals surface area contributed by atoms with Crippen molar-refractivity contribution in [3.05, 3.63) is 65.2 Å². The van der Waals surface area contributed by atoms with Gasteiger partial charge in [-0.25, -0.2) is 4.98 Å². The van der Waals surface area contributed by atoms with Crippen molar-refractivity contribution in [3.8, 4) is 5.75 Å². The quantitative estimate of drug-likeness (QED) is 0.668. The van der Waals surface area contributed by atoms with Crippen LogP contribution >= 0.6 is 11.6 Å². The number of likely N-dealkylation sites (N-methyl/N-ethyl adjacent to an activating group) is 1. The normalized spacial score (nSPS) is 19.8. The number of ether oxygens (including phenoxy) is 1. The predicted octanol–water partition coefficient (Wildman–Crippen LogP) is 4.43. The molecule has 2 aromatic carbocycles. The molecular weight excluding hydrogens is 358 g/mol. The molecule has 0 spiro atoms. The molecule has 0 radical (unpaired) electrons. The number of hydrogen-bond donors (Lipinski definition) is 0. The number of hydrogen-bond acceptors (Lipinski definition) is 4. The molecule has 1 aromatic heterocycles. The maximum absolute atomic E-state index is 6.37. The summed E-state index contributed by atoms with van der Waals surface area (Å²) in [6.45, 7) is 1.87. The van der Waals surface area contributed by atoms with Crippen molar-refractivity contribution in [3.63, 3.8) is 0 Å². The van der Waals surface area contributed by atoms with Crippen molar-refractivity contribution in [2.45, 2.75) is 12.0 Å². The lowest BCUT2D eigenvalue weighted by Crippen LogP contribution is -2.34. The molecule has 0 saturated carbocycles. The van der Waals surface area contributed by atoms with Gasteiger partial charge in [-0.05, 0) is 50.0 Å². The molecule has 1 saturated heterocycles. The zero-order valence-electron chi connectivity index (χ0n) is 15.9. The van der Waals surface area contributed by atoms with Gasteiger partial charge in [-0.2, -0.15) is 0 Å². The first-order valence-electron chi connectivity index (χ1n) is 9.17. The van der Waals surface area contributed by atoms with Gasteiger partial charge in [0.15, 0.2) is 0 Å². The van der Waals surface area contributed by atoms with Crippen LogP contribution in [0.2, 0.25) is 5.02 Å². The Kier molecular flexibility index (Phi) is 4.94. The zero-order valence-corrected chi connectivity index (χ0v) is 16.6. The van der Waals surface area contributed by atoms with Crippen molar-refractivity contribution in [1.82, 2.24) is 9.88 Å². The van der Waals surface area contributed by atoms with E-state index in [-0.39, 0.29) is 0 Å². The second-order valence-corrected chi connectivity index (χ2v) is 7.70. The zero-order chi connectivity index (χ0) is 19.0. The summed E-state index contributed by atoms with van der Waals surface area (Å²) in [5, 5.41) is 1.77. The number of methoxy groups -OCH3 is 1. The van der Waals surface area contributed by atoms with Gasteiger partial charge in [0.05, 0.1) is 17.6 Å². The Morgan fingerprint density at radius 1 is 1.04 bits per heavy atom. The third-order valence-electron chi connectivity index (χ3n) is 5.48. The van der Waals surface area contributed by atoms with Crippen molar-refractivity contribution >= 4 is 28.3 Å². The van der Waals surface area contributed by atoms with E-state index in [0.29, 0.717) is 17.0 Å². The van der Waals surface area contributed by atoms with E-state index >= 15 is 0 Å². The van der Waals surface area contributed by atoms with E-state index in [9.17, 15) is 0 Å². The second-order valence-electron chi connectivity index (χ2n) is 7.30. The predicted molar refractivity (Wildman–Crippen MR) is 112 cm³/mol. The number of halogens is 1. The molecule has 0 aliphatic carbocycles. The average Bonchev–Trinajstić information content (AvgIpc) is 3.14. The van der Waals surface area contributed by atoms with Crippen LogP contribution in [0.5, 0.6) is 5.75 Å². The molecule has 0 unspecified atom stereocenters. The van der Waals surface area contributed by atoms with Crippen LogP contribution in [0, 0.1) is 0 Å². The highest BCUT2D eigenvalue weighted by Crippen LogP contribution is 2.34. The van der Waals surface area contributed by atoms with E-state index in [1.54, 1.807) is 7.11 Å². The number of para-hydroxylation sites is 1. The molecule has 5 heteroatoms. The Hall–Kier alpha value is -2.30. The van der Waals surface area contributed by atoms with Crippen LogP contribution in [0.4, 0.5) is 5.82 Å². The van der Waals surface area contributed by atoms with E-state index in [0.717, 1.165) is 35.6 Å². The minimum atomic E-state index is 0.412. The minimum absolute atomic E-state index is 0.412. The summed E-state index contributed by atoms with van der Waals surface area (Å²) in [5.74, 6) is 2.29. The van der Waals surface area contributed by atoms with Crippen LogP contribution in [0.15, 0.2) is 54.6 Å². The fourth-order valence-electron chi connectivity index (χ4n) is 3.95. The van der Waals surface area contributed by atoms with E-state index in [1.165, 1.54) is 5.56 Å². The maximum Gasteiger partial charge on any atom is 0.129 e. The van der Waals surface area contributed by atoms with E-state index in [4.69, 9.17) is 21.3 Å². The van der Waals surface area contributed by atoms with Crippen LogP contribution in [0.25, 0.3) is 10.9 Å². The van der Waals surface area contributed by atoms with Gasteiger partial charge in [-0.1, -0.05) is 35.9 Å². The Morgan fingerprint density at radius 3 is 2.52 bits per heavy atom. The number of benzene rings is 2. The van der Waals surface area contributed by atoms with Crippen molar-refractivity contribution in [1.29, 1.82) is 0 Å². The van der Waals surface area contributed by atoms with Crippen molar-refractivity contribution < 1.29 is 4.74 Å². The highest BCUT2D eigenvalue weighted by Gasteiger charge is 2.35. The largest absolute Gasteiger partial charge is 0.497 e. The second kappa shape index (κ2) is 7.37. The number of fused-ring (bicyclic) bond motifs is 1. The molecular formula is C22H24ClN3O. The van der Waals surface area contributed by atoms with Gasteiger partial charge >= 0.3 is 0 Å². The fraction of sp³-hybridized carbons (Fsp3) is 0.318. The maximum atomic E-state index is 6.37. The SMILES string of the molecule is COc1ccc([C@@H]2CN(c3ccc4cccc(Cl)c4n3)C[C@H]2N(C)C)cc1. The highest BCUT2D eigenvalue weighted by atomic mass is 35.5. The molecule has 0 amide bonds. The van der Waals surface area contributed by atoms with E-state index < -0.39 is 0 Å². The molecule has 2 heterocycles. The number of anilines is 1. The molecule has 4 nitrogen and oxygen atoms in total. The highest BCUT2D eigenvalue weighted by molar-refractivity contribution is 6.35. The van der Waals surface area contributed by atoms with E-state index in [2.05, 4.69) is 48.2 Å². The smallest absolute Gasteiger partial charge is 0.129 e. The summed E-state index contributed by atoms with van der Waals surface area (Å²) in [7, 11) is 6.00. The third kappa shape index (κ3) is 3.47. The number of aromatic nitrogens is 1. The summed E-state index contributed by atoms with van der Waals surface area (Å²) in [5.41, 5.74) is 2.20. The third-order valence-corrected chi connectivity index (χ3v) is 5.78. The summed E-state index contributed by atoms with van der Waals surface area (Å²) in [4.78, 5) is 9.53. The summed E-state index contributed by atoms with van der Waals surface area (Å²) >= 11 is 6.37. The van der Waals surface area contributed by atoms with Gasteiger partial charge in [0.2, 0.25) is 0 Å². The Bertz CT molecular complexity index is 942. The van der Waals surface area contributed by atoms with Crippen LogP contribution in [-0.2, 0) is 0 Å². The van der Waals surface area contributed by atoms with Gasteiger partial charge in [-0.3, -0.25) is 0 Å². The molecule has 140 valence electrons. The molecule has 2 atom stereocenters. The standard InChI is InChI=1S/C22H24ClN3O/c1-25(2)20-14-26(13-18(20)15-7-10-17(27-3)11-8-15)21-12-9-16-5-4-6-19(23)22(16)24-21/h4-12,18,20H,13-14H2,1-3H3/t18-,20+/m0/s1. The first-order valence-corrected chi connectivity index (χ1v) is 9.55. The van der Waals surface area contributed by atoms with Gasteiger partial charge in [0.1, 0.15) is 11.6 Å². The molecule has 27 heavy (non-hydrogen) atoms. The average molecular weight is 382 g/mol. The fourth-order valence-corrected chi connectivity index (χ4v) is 4.18. The van der Waals surface area contributed by atoms with Crippen molar-refractivity contribution in [2.75, 3.05) is 39.2 Å². The minimum Gasteiger partial charge on any atom is -0.497 e. The summed E-state index contributed by atoms with van der Waals surface area (Å²) < 4.78 is 5.31. The molecule has 1 aliphatic rings. The Morgan fingerprint density at radius 2 is 1.81 bits per heavy atom. The lowest BCUT2D eigenvalue weighted by atomic mass is 9.93. The Balaban J connectivity index is 1.65. The van der Waals surface area contributed by atoms with Crippen LogP contribution in [0.1, 0.15) is 11.5 Å². The monoisotopic (exact) mass is 381 g/mol. The lowest BCUT2D eigenvalue weighted by molar-refractivity contribution is 0.292. The molecule has 0 N–H and O–H groups in total. The van der Waals surface area contributed by atoms with E-state index in [1.807, 2.05) is 30.3 Å². The van der Waals surface area contributed by atoms with Crippen LogP contribution in [0.3, 0.4) is 0 Å². The van der Waals surface area contributed by atoms with Gasteiger partial charge < -0.3 is 14.5 Å².